The van der Waals surface area contributed by atoms with Crippen molar-refractivity contribution in [2.45, 2.75) is 38.4 Å². The SMILES string of the molecule is C/C(C(=O)Nc1ccc(-c2cn(C3CNC3)c3c2C(N)N=CN3)cc1)=C1/CCCCN1N(C=O)c1ccccc1. The largest absolute Gasteiger partial charge is 0.332 e. The predicted molar refractivity (Wildman–Crippen MR) is 158 cm³/mol. The summed E-state index contributed by atoms with van der Waals surface area (Å²) >= 11 is 0. The second-order valence-corrected chi connectivity index (χ2v) is 10.4. The number of anilines is 3. The van der Waals surface area contributed by atoms with E-state index in [1.807, 2.05) is 66.5 Å². The Morgan fingerprint density at radius 1 is 1.12 bits per heavy atom. The Balaban J connectivity index is 1.23. The summed E-state index contributed by atoms with van der Waals surface area (Å²) < 4.78 is 2.24. The molecule has 10 nitrogen and oxygen atoms in total. The minimum Gasteiger partial charge on any atom is -0.332 e. The van der Waals surface area contributed by atoms with E-state index in [0.717, 1.165) is 72.7 Å². The molecule has 10 heteroatoms. The van der Waals surface area contributed by atoms with Crippen molar-refractivity contribution in [2.24, 2.45) is 10.7 Å². The number of hydrogen-bond acceptors (Lipinski definition) is 7. The van der Waals surface area contributed by atoms with Crippen molar-refractivity contribution in [2.75, 3.05) is 35.3 Å². The molecule has 1 atom stereocenters. The maximum absolute atomic E-state index is 13.4. The number of para-hydroxylation sites is 1. The van der Waals surface area contributed by atoms with Gasteiger partial charge in [0.15, 0.2) is 0 Å². The minimum atomic E-state index is -0.436. The first-order chi connectivity index (χ1) is 19.5. The molecule has 0 spiro atoms. The van der Waals surface area contributed by atoms with Gasteiger partial charge in [-0.2, -0.15) is 0 Å². The first kappa shape index (κ1) is 25.8. The molecule has 0 bridgehead atoms. The number of carbonyl (C=O) groups excluding carboxylic acids is 2. The van der Waals surface area contributed by atoms with E-state index in [1.54, 1.807) is 11.3 Å². The molecule has 4 heterocycles. The van der Waals surface area contributed by atoms with E-state index in [1.165, 1.54) is 0 Å². The Morgan fingerprint density at radius 2 is 1.90 bits per heavy atom. The zero-order valence-electron chi connectivity index (χ0n) is 22.5. The van der Waals surface area contributed by atoms with Gasteiger partial charge in [-0.15, -0.1) is 0 Å². The standard InChI is InChI=1S/C30H34N8O2/c1-20(26-9-5-6-14-37(26)38(19-39)23-7-3-2-4-8-23)30(40)35-22-12-10-21(11-13-22)25-17-36(24-15-32-16-24)29-27(25)28(31)33-18-34-29/h2-4,7-8,10-13,17-19,24,28,32H,5-6,9,14-16,31H2,1H3,(H,33,34)(H,35,40)/b26-20+. The van der Waals surface area contributed by atoms with Crippen LogP contribution >= 0.6 is 0 Å². The number of fused-ring (bicyclic) bond motifs is 1. The summed E-state index contributed by atoms with van der Waals surface area (Å²) in [4.78, 5) is 29.8. The van der Waals surface area contributed by atoms with Gasteiger partial charge in [-0.1, -0.05) is 30.3 Å². The van der Waals surface area contributed by atoms with Gasteiger partial charge in [0, 0.05) is 53.9 Å². The number of carbonyl (C=O) groups is 2. The van der Waals surface area contributed by atoms with Gasteiger partial charge < -0.3 is 26.3 Å². The Bertz CT molecular complexity index is 1460. The first-order valence-corrected chi connectivity index (χ1v) is 13.7. The van der Waals surface area contributed by atoms with Gasteiger partial charge in [0.2, 0.25) is 6.41 Å². The molecule has 5 N–H and O–H groups in total. The Hall–Kier alpha value is -4.41. The highest BCUT2D eigenvalue weighted by atomic mass is 16.2. The molecule has 3 aliphatic rings. The zero-order valence-corrected chi connectivity index (χ0v) is 22.5. The highest BCUT2D eigenvalue weighted by Crippen LogP contribution is 2.40. The first-order valence-electron chi connectivity index (χ1n) is 13.7. The molecule has 2 fully saturated rings. The van der Waals surface area contributed by atoms with Gasteiger partial charge in [0.1, 0.15) is 12.0 Å². The van der Waals surface area contributed by atoms with Crippen LogP contribution in [-0.4, -0.2) is 47.9 Å². The van der Waals surface area contributed by atoms with Gasteiger partial charge in [0.05, 0.1) is 18.1 Å². The summed E-state index contributed by atoms with van der Waals surface area (Å²) in [5, 5.41) is 13.2. The molecule has 2 amide bonds. The summed E-state index contributed by atoms with van der Waals surface area (Å²) in [6.07, 6.45) is 6.82. The second-order valence-electron chi connectivity index (χ2n) is 10.4. The average molecular weight is 539 g/mol. The number of piperidine rings is 1. The molecule has 1 aromatic heterocycles. The summed E-state index contributed by atoms with van der Waals surface area (Å²) in [5.41, 5.74) is 12.3. The molecule has 3 aliphatic heterocycles. The van der Waals surface area contributed by atoms with E-state index in [0.29, 0.717) is 23.8 Å². The normalized spacial score (nSPS) is 19.8. The van der Waals surface area contributed by atoms with Crippen molar-refractivity contribution in [3.8, 4) is 11.1 Å². The van der Waals surface area contributed by atoms with Crippen LogP contribution in [0.25, 0.3) is 11.1 Å². The summed E-state index contributed by atoms with van der Waals surface area (Å²) in [6.45, 7) is 4.33. The predicted octanol–water partition coefficient (Wildman–Crippen LogP) is 3.99. The fourth-order valence-electron chi connectivity index (χ4n) is 5.60. The van der Waals surface area contributed by atoms with Crippen molar-refractivity contribution in [1.29, 1.82) is 0 Å². The lowest BCUT2D eigenvalue weighted by molar-refractivity contribution is -0.113. The van der Waals surface area contributed by atoms with E-state index in [-0.39, 0.29) is 5.91 Å². The van der Waals surface area contributed by atoms with Gasteiger partial charge in [-0.05, 0) is 56.0 Å². The van der Waals surface area contributed by atoms with E-state index < -0.39 is 6.17 Å². The third-order valence-corrected chi connectivity index (χ3v) is 7.91. The van der Waals surface area contributed by atoms with Gasteiger partial charge in [-0.3, -0.25) is 19.6 Å². The number of nitrogens with one attached hydrogen (secondary N) is 3. The quantitative estimate of drug-likeness (QED) is 0.267. The third kappa shape index (κ3) is 4.76. The smallest absolute Gasteiger partial charge is 0.253 e. The van der Waals surface area contributed by atoms with Gasteiger partial charge in [0.25, 0.3) is 5.91 Å². The number of allylic oxidation sites excluding steroid dienone is 1. The number of aromatic nitrogens is 1. The monoisotopic (exact) mass is 538 g/mol. The summed E-state index contributed by atoms with van der Waals surface area (Å²) in [6, 6.07) is 17.7. The van der Waals surface area contributed by atoms with Crippen molar-refractivity contribution < 1.29 is 9.59 Å². The van der Waals surface area contributed by atoms with E-state index in [2.05, 4.69) is 31.7 Å². The molecule has 1 unspecified atom stereocenters. The Kier molecular flexibility index (Phi) is 7.10. The molecule has 0 radical (unpaired) electrons. The van der Waals surface area contributed by atoms with Crippen LogP contribution < -0.4 is 26.7 Å². The number of rotatable bonds is 7. The fraction of sp³-hybridized carbons (Fsp3) is 0.300. The number of hydrogen-bond donors (Lipinski definition) is 4. The molecular formula is C30H34N8O2. The molecule has 2 saturated heterocycles. The number of aliphatic imine (C=N–C) groups is 1. The average Bonchev–Trinajstić information content (AvgIpc) is 3.33. The van der Waals surface area contributed by atoms with E-state index in [4.69, 9.17) is 5.73 Å². The van der Waals surface area contributed by atoms with Crippen LogP contribution in [0.1, 0.15) is 44.0 Å². The van der Waals surface area contributed by atoms with E-state index in [9.17, 15) is 9.59 Å². The number of hydrazine groups is 1. The molecule has 40 heavy (non-hydrogen) atoms. The van der Waals surface area contributed by atoms with Crippen LogP contribution in [-0.2, 0) is 9.59 Å². The van der Waals surface area contributed by atoms with Gasteiger partial charge >= 0.3 is 0 Å². The third-order valence-electron chi connectivity index (χ3n) is 7.91. The number of amides is 2. The van der Waals surface area contributed by atoms with Crippen molar-refractivity contribution in [3.05, 3.63) is 77.6 Å². The number of nitrogens with zero attached hydrogens (tertiary/aromatic N) is 4. The molecule has 3 aromatic rings. The van der Waals surface area contributed by atoms with E-state index >= 15 is 0 Å². The second kappa shape index (κ2) is 11.0. The molecule has 2 aromatic carbocycles. The lowest BCUT2D eigenvalue weighted by atomic mass is 10.0. The maximum atomic E-state index is 13.4. The van der Waals surface area contributed by atoms with Crippen LogP contribution in [0.2, 0.25) is 0 Å². The highest BCUT2D eigenvalue weighted by Gasteiger charge is 2.29. The molecule has 0 aliphatic carbocycles. The number of benzene rings is 2. The van der Waals surface area contributed by atoms with Gasteiger partial charge in [-0.25, -0.2) is 5.01 Å². The van der Waals surface area contributed by atoms with Crippen LogP contribution in [0, 0.1) is 0 Å². The van der Waals surface area contributed by atoms with Crippen LogP contribution in [0.15, 0.2) is 77.1 Å². The van der Waals surface area contributed by atoms with Crippen molar-refractivity contribution in [1.82, 2.24) is 14.9 Å². The Morgan fingerprint density at radius 3 is 2.60 bits per heavy atom. The van der Waals surface area contributed by atoms with Crippen molar-refractivity contribution >= 4 is 35.8 Å². The van der Waals surface area contributed by atoms with Crippen molar-refractivity contribution in [3.63, 3.8) is 0 Å². The topological polar surface area (TPSA) is 120 Å². The van der Waals surface area contributed by atoms with Crippen LogP contribution in [0.3, 0.4) is 0 Å². The maximum Gasteiger partial charge on any atom is 0.253 e. The minimum absolute atomic E-state index is 0.185. The molecular weight excluding hydrogens is 504 g/mol. The molecule has 206 valence electrons. The Labute approximate surface area is 233 Å². The number of nitrogens with two attached hydrogens (primary N) is 1. The summed E-state index contributed by atoms with van der Waals surface area (Å²) in [5.74, 6) is 0.802. The highest BCUT2D eigenvalue weighted by molar-refractivity contribution is 6.04. The lowest BCUT2D eigenvalue weighted by Crippen LogP contribution is -2.44. The van der Waals surface area contributed by atoms with Crippen LogP contribution in [0.5, 0.6) is 0 Å². The molecule has 6 rings (SSSR count). The zero-order chi connectivity index (χ0) is 27.6. The molecule has 0 saturated carbocycles. The lowest BCUT2D eigenvalue weighted by Gasteiger charge is -2.39. The summed E-state index contributed by atoms with van der Waals surface area (Å²) in [7, 11) is 0. The fourth-order valence-corrected chi connectivity index (χ4v) is 5.60. The van der Waals surface area contributed by atoms with Crippen LogP contribution in [0.4, 0.5) is 17.2 Å².